The van der Waals surface area contributed by atoms with Crippen molar-refractivity contribution in [1.29, 1.82) is 0 Å². The van der Waals surface area contributed by atoms with Crippen LogP contribution in [0, 0.1) is 0 Å². The molecule has 2 aromatic carbocycles. The van der Waals surface area contributed by atoms with Crippen molar-refractivity contribution in [3.8, 4) is 11.5 Å². The highest BCUT2D eigenvalue weighted by atomic mass is 32.2. The molecule has 0 aromatic heterocycles. The summed E-state index contributed by atoms with van der Waals surface area (Å²) < 4.78 is 38.4. The maximum Gasteiger partial charge on any atom is 0.261 e. The summed E-state index contributed by atoms with van der Waals surface area (Å²) in [6.45, 7) is 0.128. The second kappa shape index (κ2) is 5.66. The SMILES string of the molecule is CN1C(=O)CCc2cc(S(=O)(=O)Nc3ccc4c(c3)OCO4)ccc21. The van der Waals surface area contributed by atoms with E-state index in [9.17, 15) is 13.2 Å². The van der Waals surface area contributed by atoms with Gasteiger partial charge < -0.3 is 14.4 Å². The normalized spacial score (nSPS) is 15.9. The molecule has 1 N–H and O–H groups in total. The van der Waals surface area contributed by atoms with Gasteiger partial charge in [-0.25, -0.2) is 8.42 Å². The zero-order chi connectivity index (χ0) is 17.6. The average Bonchev–Trinajstić information content (AvgIpc) is 3.05. The van der Waals surface area contributed by atoms with E-state index in [2.05, 4.69) is 4.72 Å². The predicted molar refractivity (Wildman–Crippen MR) is 91.5 cm³/mol. The first-order chi connectivity index (χ1) is 11.9. The summed E-state index contributed by atoms with van der Waals surface area (Å²) in [5.74, 6) is 1.12. The topological polar surface area (TPSA) is 84.9 Å². The number of aryl methyl sites for hydroxylation is 1. The zero-order valence-corrected chi connectivity index (χ0v) is 14.3. The number of hydrogen-bond acceptors (Lipinski definition) is 5. The van der Waals surface area contributed by atoms with Crippen molar-refractivity contribution in [2.45, 2.75) is 17.7 Å². The number of benzene rings is 2. The number of fused-ring (bicyclic) bond motifs is 2. The number of carbonyl (C=O) groups excluding carboxylic acids is 1. The van der Waals surface area contributed by atoms with Crippen LogP contribution < -0.4 is 19.1 Å². The molecule has 0 saturated heterocycles. The number of ether oxygens (including phenoxy) is 2. The molecule has 2 aromatic rings. The molecule has 2 aliphatic rings. The van der Waals surface area contributed by atoms with Crippen molar-refractivity contribution >= 4 is 27.3 Å². The lowest BCUT2D eigenvalue weighted by Crippen LogP contribution is -2.31. The Balaban J connectivity index is 1.63. The minimum atomic E-state index is -3.75. The molecule has 0 unspecified atom stereocenters. The molecule has 0 fully saturated rings. The zero-order valence-electron chi connectivity index (χ0n) is 13.5. The Morgan fingerprint density at radius 2 is 1.84 bits per heavy atom. The fraction of sp³-hybridized carbons (Fsp3) is 0.235. The van der Waals surface area contributed by atoms with E-state index < -0.39 is 10.0 Å². The first-order valence-electron chi connectivity index (χ1n) is 7.76. The van der Waals surface area contributed by atoms with Crippen LogP contribution in [0.3, 0.4) is 0 Å². The lowest BCUT2D eigenvalue weighted by molar-refractivity contribution is -0.118. The Kier molecular flexibility index (Phi) is 3.57. The van der Waals surface area contributed by atoms with Crippen molar-refractivity contribution in [2.75, 3.05) is 23.5 Å². The molecule has 0 spiro atoms. The first-order valence-corrected chi connectivity index (χ1v) is 9.24. The van der Waals surface area contributed by atoms with Gasteiger partial charge in [0.05, 0.1) is 10.6 Å². The molecular formula is C17H16N2O5S. The van der Waals surface area contributed by atoms with Crippen molar-refractivity contribution in [2.24, 2.45) is 0 Å². The van der Waals surface area contributed by atoms with Crippen molar-refractivity contribution in [3.63, 3.8) is 0 Å². The van der Waals surface area contributed by atoms with Crippen LogP contribution in [0.4, 0.5) is 11.4 Å². The Bertz CT molecular complexity index is 971. The van der Waals surface area contributed by atoms with Gasteiger partial charge in [-0.1, -0.05) is 0 Å². The summed E-state index contributed by atoms with van der Waals surface area (Å²) >= 11 is 0. The van der Waals surface area contributed by atoms with Crippen LogP contribution in [-0.2, 0) is 21.2 Å². The number of nitrogens with zero attached hydrogens (tertiary/aromatic N) is 1. The monoisotopic (exact) mass is 360 g/mol. The lowest BCUT2D eigenvalue weighted by Gasteiger charge is -2.26. The Hall–Kier alpha value is -2.74. The van der Waals surface area contributed by atoms with Crippen molar-refractivity contribution in [1.82, 2.24) is 0 Å². The number of amides is 1. The van der Waals surface area contributed by atoms with Gasteiger partial charge >= 0.3 is 0 Å². The quantitative estimate of drug-likeness (QED) is 0.906. The maximum atomic E-state index is 12.7. The number of anilines is 2. The van der Waals surface area contributed by atoms with Crippen molar-refractivity contribution in [3.05, 3.63) is 42.0 Å². The van der Waals surface area contributed by atoms with Crippen LogP contribution in [0.2, 0.25) is 0 Å². The largest absolute Gasteiger partial charge is 0.454 e. The van der Waals surface area contributed by atoms with E-state index in [1.807, 2.05) is 0 Å². The van der Waals surface area contributed by atoms with Gasteiger partial charge in [-0.2, -0.15) is 0 Å². The van der Waals surface area contributed by atoms with Gasteiger partial charge in [-0.05, 0) is 42.3 Å². The summed E-state index contributed by atoms with van der Waals surface area (Å²) in [5, 5.41) is 0. The molecule has 25 heavy (non-hydrogen) atoms. The second-order valence-corrected chi connectivity index (χ2v) is 7.60. The van der Waals surface area contributed by atoms with E-state index in [0.717, 1.165) is 11.3 Å². The molecule has 0 saturated carbocycles. The molecule has 130 valence electrons. The molecular weight excluding hydrogens is 344 g/mol. The summed E-state index contributed by atoms with van der Waals surface area (Å²) in [6.07, 6.45) is 0.911. The predicted octanol–water partition coefficient (Wildman–Crippen LogP) is 2.13. The summed E-state index contributed by atoms with van der Waals surface area (Å²) in [7, 11) is -2.05. The van der Waals surface area contributed by atoms with Crippen LogP contribution >= 0.6 is 0 Å². The van der Waals surface area contributed by atoms with Gasteiger partial charge in [-0.3, -0.25) is 9.52 Å². The Morgan fingerprint density at radius 3 is 2.68 bits per heavy atom. The van der Waals surface area contributed by atoms with Crippen LogP contribution in [-0.4, -0.2) is 28.2 Å². The molecule has 8 heteroatoms. The molecule has 4 rings (SSSR count). The molecule has 7 nitrogen and oxygen atoms in total. The van der Waals surface area contributed by atoms with E-state index in [1.54, 1.807) is 42.3 Å². The average molecular weight is 360 g/mol. The van der Waals surface area contributed by atoms with E-state index >= 15 is 0 Å². The minimum Gasteiger partial charge on any atom is -0.454 e. The Labute approximate surface area is 145 Å². The van der Waals surface area contributed by atoms with Crippen LogP contribution in [0.25, 0.3) is 0 Å². The highest BCUT2D eigenvalue weighted by molar-refractivity contribution is 7.92. The molecule has 2 heterocycles. The number of rotatable bonds is 3. The minimum absolute atomic E-state index is 0.0293. The molecule has 1 amide bonds. The number of hydrogen-bond donors (Lipinski definition) is 1. The van der Waals surface area contributed by atoms with Crippen LogP contribution in [0.15, 0.2) is 41.3 Å². The first kappa shape index (κ1) is 15.8. The van der Waals surface area contributed by atoms with E-state index in [-0.39, 0.29) is 17.6 Å². The van der Waals surface area contributed by atoms with Gasteiger partial charge in [0.25, 0.3) is 10.0 Å². The van der Waals surface area contributed by atoms with Gasteiger partial charge in [0.15, 0.2) is 11.5 Å². The molecule has 0 atom stereocenters. The van der Waals surface area contributed by atoms with E-state index in [0.29, 0.717) is 30.0 Å². The Morgan fingerprint density at radius 1 is 1.04 bits per heavy atom. The smallest absolute Gasteiger partial charge is 0.261 e. The number of carbonyl (C=O) groups is 1. The lowest BCUT2D eigenvalue weighted by atomic mass is 10.0. The fourth-order valence-electron chi connectivity index (χ4n) is 2.97. The van der Waals surface area contributed by atoms with Crippen LogP contribution in [0.5, 0.6) is 11.5 Å². The molecule has 2 aliphatic heterocycles. The van der Waals surface area contributed by atoms with E-state index in [4.69, 9.17) is 9.47 Å². The summed E-state index contributed by atoms with van der Waals surface area (Å²) in [5.41, 5.74) is 1.99. The van der Waals surface area contributed by atoms with Gasteiger partial charge in [0.2, 0.25) is 12.7 Å². The third-order valence-corrected chi connectivity index (χ3v) is 5.71. The fourth-order valence-corrected chi connectivity index (χ4v) is 4.07. The molecule has 0 radical (unpaired) electrons. The van der Waals surface area contributed by atoms with Crippen LogP contribution in [0.1, 0.15) is 12.0 Å². The number of nitrogens with one attached hydrogen (secondary N) is 1. The third-order valence-electron chi connectivity index (χ3n) is 4.33. The maximum absolute atomic E-state index is 12.7. The molecule has 0 bridgehead atoms. The molecule has 0 aliphatic carbocycles. The standard InChI is InChI=1S/C17H16N2O5S/c1-19-14-5-4-13(8-11(14)2-7-17(19)20)25(21,22)18-12-3-6-15-16(9-12)24-10-23-15/h3-6,8-9,18H,2,7,10H2,1H3. The summed E-state index contributed by atoms with van der Waals surface area (Å²) in [6, 6.07) is 9.66. The highest BCUT2D eigenvalue weighted by Gasteiger charge is 2.24. The van der Waals surface area contributed by atoms with Gasteiger partial charge in [0, 0.05) is 25.2 Å². The van der Waals surface area contributed by atoms with Gasteiger partial charge in [0.1, 0.15) is 0 Å². The van der Waals surface area contributed by atoms with E-state index in [1.165, 1.54) is 6.07 Å². The van der Waals surface area contributed by atoms with Crippen molar-refractivity contribution < 1.29 is 22.7 Å². The highest BCUT2D eigenvalue weighted by Crippen LogP contribution is 2.35. The van der Waals surface area contributed by atoms with Gasteiger partial charge in [-0.15, -0.1) is 0 Å². The third kappa shape index (κ3) is 2.78. The summed E-state index contributed by atoms with van der Waals surface area (Å²) in [4.78, 5) is 13.5. The second-order valence-electron chi connectivity index (χ2n) is 5.92. The number of sulfonamides is 1.